The third-order valence-electron chi connectivity index (χ3n) is 4.35. The van der Waals surface area contributed by atoms with Crippen molar-refractivity contribution in [3.05, 3.63) is 29.8 Å². The van der Waals surface area contributed by atoms with E-state index in [-0.39, 0.29) is 6.10 Å². The number of hydrogen-bond acceptors (Lipinski definition) is 2. The molecule has 1 aromatic carbocycles. The van der Waals surface area contributed by atoms with Crippen LogP contribution in [0.15, 0.2) is 24.3 Å². The van der Waals surface area contributed by atoms with Gasteiger partial charge in [-0.05, 0) is 55.2 Å². The van der Waals surface area contributed by atoms with E-state index in [9.17, 15) is 5.11 Å². The quantitative estimate of drug-likeness (QED) is 0.891. The molecule has 1 aromatic rings. The molecule has 0 atom stereocenters. The number of aliphatic hydroxyl groups is 1. The predicted molar refractivity (Wildman–Crippen MR) is 81.8 cm³/mol. The minimum absolute atomic E-state index is 0.0492. The maximum Gasteiger partial charge on any atom is 0.0540 e. The van der Waals surface area contributed by atoms with E-state index in [2.05, 4.69) is 50.1 Å². The molecule has 0 heterocycles. The van der Waals surface area contributed by atoms with Crippen molar-refractivity contribution in [2.24, 2.45) is 5.92 Å². The number of hydrogen-bond donors (Lipinski definition) is 1. The zero-order valence-electron chi connectivity index (χ0n) is 12.5. The fraction of sp³-hybridized carbons (Fsp3) is 0.647. The average molecular weight is 261 g/mol. The van der Waals surface area contributed by atoms with Gasteiger partial charge >= 0.3 is 0 Å². The zero-order valence-corrected chi connectivity index (χ0v) is 12.5. The molecule has 0 spiro atoms. The molecule has 0 amide bonds. The van der Waals surface area contributed by atoms with Crippen LogP contribution in [0.1, 0.15) is 51.0 Å². The van der Waals surface area contributed by atoms with Gasteiger partial charge in [0.2, 0.25) is 0 Å². The van der Waals surface area contributed by atoms with Crippen LogP contribution in [0.5, 0.6) is 0 Å². The van der Waals surface area contributed by atoms with Crippen LogP contribution < -0.4 is 4.90 Å². The molecule has 1 aliphatic rings. The average Bonchev–Trinajstić information content (AvgIpc) is 2.41. The number of aliphatic hydroxyl groups excluding tert-OH is 1. The maximum atomic E-state index is 9.55. The van der Waals surface area contributed by atoms with E-state index in [4.69, 9.17) is 0 Å². The van der Waals surface area contributed by atoms with Gasteiger partial charge in [0.05, 0.1) is 6.10 Å². The lowest BCUT2D eigenvalue weighted by Gasteiger charge is -2.30. The molecule has 0 radical (unpaired) electrons. The van der Waals surface area contributed by atoms with Crippen LogP contribution in [0.2, 0.25) is 0 Å². The lowest BCUT2D eigenvalue weighted by Crippen LogP contribution is -2.29. The van der Waals surface area contributed by atoms with Crippen molar-refractivity contribution >= 4 is 5.69 Å². The molecule has 0 unspecified atom stereocenters. The summed E-state index contributed by atoms with van der Waals surface area (Å²) >= 11 is 0. The van der Waals surface area contributed by atoms with Gasteiger partial charge in [0.25, 0.3) is 0 Å². The molecule has 2 heteroatoms. The van der Waals surface area contributed by atoms with Crippen molar-refractivity contribution in [2.45, 2.75) is 51.6 Å². The normalized spacial score (nSPS) is 23.6. The van der Waals surface area contributed by atoms with E-state index >= 15 is 0 Å². The molecule has 0 aromatic heterocycles. The monoisotopic (exact) mass is 261 g/mol. The number of rotatable bonds is 4. The molecule has 0 aliphatic heterocycles. The highest BCUT2D eigenvalue weighted by Crippen LogP contribution is 2.27. The van der Waals surface area contributed by atoms with Crippen LogP contribution in [-0.2, 0) is 0 Å². The molecule has 0 saturated heterocycles. The fourth-order valence-electron chi connectivity index (χ4n) is 2.93. The summed E-state index contributed by atoms with van der Waals surface area (Å²) in [7, 11) is 2.18. The molecule has 0 bridgehead atoms. The lowest BCUT2D eigenvalue weighted by molar-refractivity contribution is 0.110. The van der Waals surface area contributed by atoms with E-state index in [1.54, 1.807) is 0 Å². The van der Waals surface area contributed by atoms with Crippen LogP contribution in [0, 0.1) is 5.92 Å². The van der Waals surface area contributed by atoms with Crippen LogP contribution >= 0.6 is 0 Å². The first-order valence-electron chi connectivity index (χ1n) is 7.55. The summed E-state index contributed by atoms with van der Waals surface area (Å²) in [6.07, 6.45) is 4.23. The third-order valence-corrected chi connectivity index (χ3v) is 4.35. The zero-order chi connectivity index (χ0) is 13.8. The topological polar surface area (TPSA) is 23.5 Å². The van der Waals surface area contributed by atoms with Gasteiger partial charge in [-0.2, -0.15) is 0 Å². The Morgan fingerprint density at radius 3 is 2.21 bits per heavy atom. The minimum atomic E-state index is -0.0492. The molecule has 19 heavy (non-hydrogen) atoms. The lowest BCUT2D eigenvalue weighted by atomic mass is 9.87. The Hall–Kier alpha value is -1.02. The summed E-state index contributed by atoms with van der Waals surface area (Å²) in [6.45, 7) is 5.56. The van der Waals surface area contributed by atoms with Crippen molar-refractivity contribution in [1.29, 1.82) is 0 Å². The van der Waals surface area contributed by atoms with Gasteiger partial charge in [0, 0.05) is 19.3 Å². The highest BCUT2D eigenvalue weighted by atomic mass is 16.3. The van der Waals surface area contributed by atoms with E-state index in [1.807, 2.05) is 0 Å². The van der Waals surface area contributed by atoms with E-state index in [0.29, 0.717) is 5.92 Å². The predicted octanol–water partition coefficient (Wildman–Crippen LogP) is 3.80. The van der Waals surface area contributed by atoms with Crippen molar-refractivity contribution in [1.82, 2.24) is 0 Å². The van der Waals surface area contributed by atoms with Gasteiger partial charge in [-0.1, -0.05) is 26.0 Å². The van der Waals surface area contributed by atoms with Crippen LogP contribution in [0.25, 0.3) is 0 Å². The fourth-order valence-corrected chi connectivity index (χ4v) is 2.93. The van der Waals surface area contributed by atoms with Crippen LogP contribution in [-0.4, -0.2) is 24.8 Å². The van der Waals surface area contributed by atoms with Gasteiger partial charge in [-0.3, -0.25) is 0 Å². The Morgan fingerprint density at radius 2 is 1.68 bits per heavy atom. The van der Waals surface area contributed by atoms with Gasteiger partial charge in [-0.15, -0.1) is 0 Å². The van der Waals surface area contributed by atoms with E-state index in [0.717, 1.165) is 38.1 Å². The molecule has 2 nitrogen and oxygen atoms in total. The summed E-state index contributed by atoms with van der Waals surface area (Å²) in [5.41, 5.74) is 2.70. The van der Waals surface area contributed by atoms with E-state index < -0.39 is 0 Å². The molecule has 1 fully saturated rings. The van der Waals surface area contributed by atoms with E-state index in [1.165, 1.54) is 11.3 Å². The molecule has 1 saturated carbocycles. The Labute approximate surface area is 117 Å². The summed E-state index contributed by atoms with van der Waals surface area (Å²) in [5.74, 6) is 1.33. The number of nitrogens with zero attached hydrogens (tertiary/aromatic N) is 1. The Bertz CT molecular complexity index is 377. The van der Waals surface area contributed by atoms with Crippen LogP contribution in [0.4, 0.5) is 5.69 Å². The van der Waals surface area contributed by atoms with Gasteiger partial charge < -0.3 is 10.0 Å². The standard InChI is InChI=1S/C17H27NO/c1-13(2)15-6-8-16(9-7-15)18(3)12-14-4-10-17(19)11-5-14/h6-9,13-14,17,19H,4-5,10-12H2,1-3H3. The third kappa shape index (κ3) is 3.97. The SMILES string of the molecule is CC(C)c1ccc(N(C)CC2CCC(O)CC2)cc1. The van der Waals surface area contributed by atoms with Gasteiger partial charge in [0.1, 0.15) is 0 Å². The second-order valence-corrected chi connectivity index (χ2v) is 6.30. The second kappa shape index (κ2) is 6.42. The van der Waals surface area contributed by atoms with Crippen LogP contribution in [0.3, 0.4) is 0 Å². The highest BCUT2D eigenvalue weighted by Gasteiger charge is 2.20. The maximum absolute atomic E-state index is 9.55. The van der Waals surface area contributed by atoms with Crippen molar-refractivity contribution in [3.63, 3.8) is 0 Å². The number of benzene rings is 1. The van der Waals surface area contributed by atoms with Crippen molar-refractivity contribution in [3.8, 4) is 0 Å². The molecule has 1 aliphatic carbocycles. The van der Waals surface area contributed by atoms with Gasteiger partial charge in [-0.25, -0.2) is 0 Å². The molecule has 2 rings (SSSR count). The van der Waals surface area contributed by atoms with Crippen molar-refractivity contribution in [2.75, 3.05) is 18.5 Å². The number of anilines is 1. The Kier molecular flexibility index (Phi) is 4.87. The summed E-state index contributed by atoms with van der Waals surface area (Å²) in [5, 5.41) is 9.55. The molecular weight excluding hydrogens is 234 g/mol. The summed E-state index contributed by atoms with van der Waals surface area (Å²) < 4.78 is 0. The molecular formula is C17H27NO. The van der Waals surface area contributed by atoms with Crippen molar-refractivity contribution < 1.29 is 5.11 Å². The molecule has 106 valence electrons. The summed E-state index contributed by atoms with van der Waals surface area (Å²) in [4.78, 5) is 2.35. The largest absolute Gasteiger partial charge is 0.393 e. The smallest absolute Gasteiger partial charge is 0.0540 e. The summed E-state index contributed by atoms with van der Waals surface area (Å²) in [6, 6.07) is 8.93. The second-order valence-electron chi connectivity index (χ2n) is 6.30. The Balaban J connectivity index is 1.90. The molecule has 1 N–H and O–H groups in total. The Morgan fingerprint density at radius 1 is 1.11 bits per heavy atom. The first-order chi connectivity index (χ1) is 9.06. The first-order valence-corrected chi connectivity index (χ1v) is 7.55. The highest BCUT2D eigenvalue weighted by molar-refractivity contribution is 5.47. The van der Waals surface area contributed by atoms with Gasteiger partial charge in [0.15, 0.2) is 0 Å². The first kappa shape index (κ1) is 14.4. The minimum Gasteiger partial charge on any atom is -0.393 e.